The van der Waals surface area contributed by atoms with Gasteiger partial charge in [0.25, 0.3) is 0 Å². The minimum Gasteiger partial charge on any atom is -0.458 e. The maximum atomic E-state index is 11.8. The third-order valence-electron chi connectivity index (χ3n) is 2.83. The van der Waals surface area contributed by atoms with Crippen LogP contribution in [0.1, 0.15) is 29.8 Å². The highest BCUT2D eigenvalue weighted by Gasteiger charge is 2.16. The van der Waals surface area contributed by atoms with Gasteiger partial charge in [-0.05, 0) is 31.3 Å². The fourth-order valence-electron chi connectivity index (χ4n) is 1.33. The van der Waals surface area contributed by atoms with Gasteiger partial charge in [0.05, 0.1) is 5.56 Å². The molecule has 0 saturated heterocycles. The lowest BCUT2D eigenvalue weighted by atomic mass is 10.1. The van der Waals surface area contributed by atoms with E-state index in [9.17, 15) is 4.79 Å². The summed E-state index contributed by atoms with van der Waals surface area (Å²) in [5.41, 5.74) is 2.00. The lowest BCUT2D eigenvalue weighted by Crippen LogP contribution is -2.23. The highest BCUT2D eigenvalue weighted by atomic mass is 31.1. The molecule has 0 aliphatic carbocycles. The Morgan fingerprint density at radius 3 is 2.41 bits per heavy atom. The molecule has 17 heavy (non-hydrogen) atoms. The number of rotatable bonds is 5. The maximum absolute atomic E-state index is 11.8. The van der Waals surface area contributed by atoms with E-state index in [1.807, 2.05) is 19.1 Å². The molecule has 3 heteroatoms. The largest absolute Gasteiger partial charge is 0.458 e. The summed E-state index contributed by atoms with van der Waals surface area (Å²) in [5, 5.41) is 0. The third kappa shape index (κ3) is 3.98. The van der Waals surface area contributed by atoms with Crippen molar-refractivity contribution in [2.24, 2.45) is 0 Å². The number of carbonyl (C=O) groups is 1. The van der Waals surface area contributed by atoms with Crippen LogP contribution in [0.2, 0.25) is 0 Å². The van der Waals surface area contributed by atoms with Gasteiger partial charge >= 0.3 is 5.97 Å². The van der Waals surface area contributed by atoms with Gasteiger partial charge in [0, 0.05) is 5.66 Å². The van der Waals surface area contributed by atoms with Crippen molar-refractivity contribution in [3.05, 3.63) is 42.0 Å². The molecule has 1 aromatic carbocycles. The Balaban J connectivity index is 2.66. The van der Waals surface area contributed by atoms with Crippen LogP contribution in [-0.2, 0) is 4.74 Å². The quantitative estimate of drug-likeness (QED) is 0.590. The van der Waals surface area contributed by atoms with Gasteiger partial charge in [0.2, 0.25) is 0 Å². The molecule has 2 nitrogen and oxygen atoms in total. The fourth-order valence-corrected chi connectivity index (χ4v) is 1.87. The molecule has 0 N–H and O–H groups in total. The molecule has 0 aromatic heterocycles. The van der Waals surface area contributed by atoms with Crippen molar-refractivity contribution in [3.63, 3.8) is 0 Å². The molecule has 0 radical (unpaired) electrons. The molecule has 0 bridgehead atoms. The van der Waals surface area contributed by atoms with Crippen LogP contribution in [0.3, 0.4) is 0 Å². The van der Waals surface area contributed by atoms with Gasteiger partial charge in [-0.25, -0.2) is 4.79 Å². The molecule has 92 valence electrons. The topological polar surface area (TPSA) is 26.3 Å². The zero-order valence-electron chi connectivity index (χ0n) is 10.6. The van der Waals surface area contributed by atoms with E-state index in [0.29, 0.717) is 11.2 Å². The number of benzene rings is 1. The molecule has 0 spiro atoms. The first kappa shape index (κ1) is 13.9. The zero-order chi connectivity index (χ0) is 12.8. The lowest BCUT2D eigenvalue weighted by molar-refractivity contribution is 0.0344. The standard InChI is InChI=1S/C14H19O2P/c1-5-12-6-8-13(9-7-12)14(15)16-10(2)11(3)17-4/h5-11,17H,1H2,2-4H3. The van der Waals surface area contributed by atoms with E-state index in [1.165, 1.54) is 0 Å². The minimum atomic E-state index is -0.252. The van der Waals surface area contributed by atoms with Gasteiger partial charge in [0.15, 0.2) is 0 Å². The highest BCUT2D eigenvalue weighted by molar-refractivity contribution is 7.37. The van der Waals surface area contributed by atoms with Crippen molar-refractivity contribution in [1.82, 2.24) is 0 Å². The summed E-state index contributed by atoms with van der Waals surface area (Å²) < 4.78 is 5.40. The van der Waals surface area contributed by atoms with Crippen molar-refractivity contribution < 1.29 is 9.53 Å². The van der Waals surface area contributed by atoms with Crippen molar-refractivity contribution in [2.75, 3.05) is 6.66 Å². The van der Waals surface area contributed by atoms with Crippen LogP contribution >= 0.6 is 8.58 Å². The molecule has 3 unspecified atom stereocenters. The molecular weight excluding hydrogens is 231 g/mol. The first-order chi connectivity index (χ1) is 8.08. The van der Waals surface area contributed by atoms with Gasteiger partial charge in [-0.3, -0.25) is 0 Å². The maximum Gasteiger partial charge on any atom is 0.338 e. The molecule has 0 amide bonds. The molecule has 1 aromatic rings. The molecule has 0 saturated carbocycles. The van der Waals surface area contributed by atoms with Crippen molar-refractivity contribution in [3.8, 4) is 0 Å². The summed E-state index contributed by atoms with van der Waals surface area (Å²) in [7, 11) is 0.777. The Hall–Kier alpha value is -1.14. The second kappa shape index (κ2) is 6.56. The Morgan fingerprint density at radius 1 is 1.35 bits per heavy atom. The predicted molar refractivity (Wildman–Crippen MR) is 75.1 cm³/mol. The van der Waals surface area contributed by atoms with Crippen LogP contribution in [0, 0.1) is 0 Å². The number of carbonyl (C=O) groups excluding carboxylic acids is 1. The lowest BCUT2D eigenvalue weighted by Gasteiger charge is -2.18. The van der Waals surface area contributed by atoms with E-state index >= 15 is 0 Å². The first-order valence-electron chi connectivity index (χ1n) is 5.69. The fraction of sp³-hybridized carbons (Fsp3) is 0.357. The molecule has 0 heterocycles. The summed E-state index contributed by atoms with van der Waals surface area (Å²) in [6.45, 7) is 9.83. The Morgan fingerprint density at radius 2 is 1.94 bits per heavy atom. The number of ether oxygens (including phenoxy) is 1. The molecule has 0 fully saturated rings. The molecule has 1 rings (SSSR count). The van der Waals surface area contributed by atoms with Gasteiger partial charge < -0.3 is 4.74 Å². The third-order valence-corrected chi connectivity index (χ3v) is 4.21. The zero-order valence-corrected chi connectivity index (χ0v) is 11.6. The summed E-state index contributed by atoms with van der Waals surface area (Å²) in [5.74, 6) is -0.252. The van der Waals surface area contributed by atoms with Crippen LogP contribution in [0.15, 0.2) is 30.8 Å². The highest BCUT2D eigenvalue weighted by Crippen LogP contribution is 2.20. The Bertz CT molecular complexity index is 384. The Kier molecular flexibility index (Phi) is 5.37. The Labute approximate surface area is 105 Å². The number of esters is 1. The summed E-state index contributed by atoms with van der Waals surface area (Å²) in [6.07, 6.45) is 1.71. The van der Waals surface area contributed by atoms with E-state index < -0.39 is 0 Å². The van der Waals surface area contributed by atoms with Crippen LogP contribution in [0.4, 0.5) is 0 Å². The normalized spacial score (nSPS) is 14.5. The number of hydrogen-bond acceptors (Lipinski definition) is 2. The SMILES string of the molecule is C=Cc1ccc(C(=O)OC(C)C(C)PC)cc1. The molecule has 0 aliphatic heterocycles. The van der Waals surface area contributed by atoms with E-state index in [4.69, 9.17) is 4.74 Å². The molecule has 3 atom stereocenters. The monoisotopic (exact) mass is 250 g/mol. The van der Waals surface area contributed by atoms with Crippen LogP contribution in [0.25, 0.3) is 6.08 Å². The second-order valence-corrected chi connectivity index (χ2v) is 5.50. The van der Waals surface area contributed by atoms with Gasteiger partial charge in [-0.1, -0.05) is 31.7 Å². The summed E-state index contributed by atoms with van der Waals surface area (Å²) >= 11 is 0. The van der Waals surface area contributed by atoms with E-state index in [1.54, 1.807) is 18.2 Å². The average Bonchev–Trinajstić information content (AvgIpc) is 2.37. The first-order valence-corrected chi connectivity index (χ1v) is 7.27. The average molecular weight is 250 g/mol. The van der Waals surface area contributed by atoms with Crippen LogP contribution < -0.4 is 0 Å². The van der Waals surface area contributed by atoms with Crippen LogP contribution in [0.5, 0.6) is 0 Å². The van der Waals surface area contributed by atoms with Gasteiger partial charge in [-0.15, -0.1) is 8.58 Å². The summed E-state index contributed by atoms with van der Waals surface area (Å²) in [4.78, 5) is 11.8. The molecule has 0 aliphatic rings. The van der Waals surface area contributed by atoms with Crippen LogP contribution in [-0.4, -0.2) is 24.4 Å². The van der Waals surface area contributed by atoms with Gasteiger partial charge in [-0.2, -0.15) is 0 Å². The van der Waals surface area contributed by atoms with Crippen molar-refractivity contribution >= 4 is 20.6 Å². The van der Waals surface area contributed by atoms with E-state index in [-0.39, 0.29) is 12.1 Å². The predicted octanol–water partition coefficient (Wildman–Crippen LogP) is 3.57. The minimum absolute atomic E-state index is 0.0371. The smallest absolute Gasteiger partial charge is 0.338 e. The van der Waals surface area contributed by atoms with E-state index in [2.05, 4.69) is 20.2 Å². The summed E-state index contributed by atoms with van der Waals surface area (Å²) in [6, 6.07) is 7.26. The van der Waals surface area contributed by atoms with Crippen molar-refractivity contribution in [2.45, 2.75) is 25.6 Å². The van der Waals surface area contributed by atoms with E-state index in [0.717, 1.165) is 14.1 Å². The van der Waals surface area contributed by atoms with Crippen molar-refractivity contribution in [1.29, 1.82) is 0 Å². The number of hydrogen-bond donors (Lipinski definition) is 0. The second-order valence-electron chi connectivity index (χ2n) is 4.01. The molecular formula is C14H19O2P. The van der Waals surface area contributed by atoms with Gasteiger partial charge in [0.1, 0.15) is 6.10 Å².